The van der Waals surface area contributed by atoms with Crippen LogP contribution in [0.1, 0.15) is 84.0 Å². The van der Waals surface area contributed by atoms with Gasteiger partial charge in [-0.3, -0.25) is 0 Å². The largest absolute Gasteiger partial charge is 0.323 e. The van der Waals surface area contributed by atoms with Crippen molar-refractivity contribution in [2.24, 2.45) is 0 Å². The monoisotopic (exact) mass is 340 g/mol. The number of rotatable bonds is 15. The second kappa shape index (κ2) is 15.0. The number of nitrogens with zero attached hydrogens (tertiary/aromatic N) is 1. The molecule has 132 valence electrons. The van der Waals surface area contributed by atoms with E-state index in [9.17, 15) is 0 Å². The molecule has 0 aliphatic carbocycles. The molecule has 0 spiro atoms. The summed E-state index contributed by atoms with van der Waals surface area (Å²) in [4.78, 5) is 0. The first kappa shape index (κ1) is 20.4. The van der Waals surface area contributed by atoms with Crippen LogP contribution in [-0.2, 0) is 11.5 Å². The highest BCUT2D eigenvalue weighted by molar-refractivity contribution is 6.30. The lowest BCUT2D eigenvalue weighted by atomic mass is 10.1. The van der Waals surface area contributed by atoms with E-state index >= 15 is 0 Å². The standard InChI is InChI=1S/C20H35ClNO/c1-2-3-4-5-6-7-8-9-10-11-12-13-17-23-19-22-16-14-15-20(21)18-22/h14-16,18H,2-13,17,19H2,1H3/q+1. The topological polar surface area (TPSA) is 13.1 Å². The Morgan fingerprint density at radius 2 is 1.43 bits per heavy atom. The highest BCUT2D eigenvalue weighted by atomic mass is 35.5. The number of halogens is 1. The van der Waals surface area contributed by atoms with E-state index in [1.807, 2.05) is 29.1 Å². The number of aromatic nitrogens is 1. The van der Waals surface area contributed by atoms with Crippen molar-refractivity contribution in [3.63, 3.8) is 0 Å². The Kier molecular flexibility index (Phi) is 13.3. The molecule has 0 saturated heterocycles. The second-order valence-electron chi connectivity index (χ2n) is 6.46. The quantitative estimate of drug-likeness (QED) is 0.269. The molecule has 2 nitrogen and oxygen atoms in total. The Labute approximate surface area is 148 Å². The summed E-state index contributed by atoms with van der Waals surface area (Å²) in [5.74, 6) is 0. The lowest BCUT2D eigenvalue weighted by molar-refractivity contribution is -0.732. The van der Waals surface area contributed by atoms with Gasteiger partial charge in [-0.1, -0.05) is 89.2 Å². The summed E-state index contributed by atoms with van der Waals surface area (Å²) in [6, 6.07) is 3.82. The van der Waals surface area contributed by atoms with Crippen molar-refractivity contribution in [1.82, 2.24) is 0 Å². The molecule has 0 radical (unpaired) electrons. The van der Waals surface area contributed by atoms with Crippen LogP contribution in [-0.4, -0.2) is 6.61 Å². The molecule has 0 aliphatic rings. The Morgan fingerprint density at radius 3 is 2.00 bits per heavy atom. The number of unbranched alkanes of at least 4 members (excludes halogenated alkanes) is 11. The van der Waals surface area contributed by atoms with Gasteiger partial charge in [0.05, 0.1) is 6.61 Å². The lowest BCUT2D eigenvalue weighted by Crippen LogP contribution is -2.34. The Balaban J connectivity index is 1.78. The van der Waals surface area contributed by atoms with Crippen LogP contribution in [0.25, 0.3) is 0 Å². The molecule has 0 saturated carbocycles. The third kappa shape index (κ3) is 12.5. The van der Waals surface area contributed by atoms with Gasteiger partial charge in [-0.15, -0.1) is 0 Å². The zero-order chi connectivity index (χ0) is 16.6. The third-order valence-corrected chi connectivity index (χ3v) is 4.43. The minimum Gasteiger partial charge on any atom is -0.323 e. The van der Waals surface area contributed by atoms with Gasteiger partial charge in [0.1, 0.15) is 5.02 Å². The highest BCUT2D eigenvalue weighted by Crippen LogP contribution is 2.11. The van der Waals surface area contributed by atoms with E-state index in [1.54, 1.807) is 0 Å². The Hall–Kier alpha value is -0.600. The van der Waals surface area contributed by atoms with Gasteiger partial charge in [0.2, 0.25) is 0 Å². The molecule has 0 aliphatic heterocycles. The van der Waals surface area contributed by atoms with Crippen molar-refractivity contribution in [2.75, 3.05) is 6.61 Å². The van der Waals surface area contributed by atoms with E-state index in [1.165, 1.54) is 70.6 Å². The van der Waals surface area contributed by atoms with Crippen LogP contribution < -0.4 is 4.57 Å². The van der Waals surface area contributed by atoms with Crippen LogP contribution in [0, 0.1) is 0 Å². The summed E-state index contributed by atoms with van der Waals surface area (Å²) in [6.45, 7) is 3.72. The van der Waals surface area contributed by atoms with Gasteiger partial charge in [-0.25, -0.2) is 0 Å². The van der Waals surface area contributed by atoms with Gasteiger partial charge >= 0.3 is 0 Å². The van der Waals surface area contributed by atoms with E-state index in [0.717, 1.165) is 18.1 Å². The van der Waals surface area contributed by atoms with Crippen molar-refractivity contribution in [1.29, 1.82) is 0 Å². The van der Waals surface area contributed by atoms with Crippen molar-refractivity contribution in [2.45, 2.75) is 90.7 Å². The summed E-state index contributed by atoms with van der Waals surface area (Å²) in [6.07, 6.45) is 20.4. The average molecular weight is 341 g/mol. The minimum absolute atomic E-state index is 0.596. The molecular weight excluding hydrogens is 306 g/mol. The summed E-state index contributed by atoms with van der Waals surface area (Å²) in [5, 5.41) is 0.751. The van der Waals surface area contributed by atoms with E-state index in [2.05, 4.69) is 6.92 Å². The van der Waals surface area contributed by atoms with Crippen molar-refractivity contribution >= 4 is 11.6 Å². The maximum atomic E-state index is 5.93. The molecule has 1 heterocycles. The fraction of sp³-hybridized carbons (Fsp3) is 0.750. The van der Waals surface area contributed by atoms with Crippen LogP contribution in [0.2, 0.25) is 5.02 Å². The highest BCUT2D eigenvalue weighted by Gasteiger charge is 2.00. The predicted octanol–water partition coefficient (Wildman–Crippen LogP) is 6.30. The van der Waals surface area contributed by atoms with E-state index in [0.29, 0.717) is 6.73 Å². The van der Waals surface area contributed by atoms with Crippen LogP contribution >= 0.6 is 11.6 Å². The lowest BCUT2D eigenvalue weighted by Gasteiger charge is -2.03. The molecule has 0 bridgehead atoms. The van der Waals surface area contributed by atoms with Gasteiger partial charge in [-0.05, 0) is 12.5 Å². The smallest absolute Gasteiger partial charge is 0.252 e. The molecular formula is C20H35ClNO+. The van der Waals surface area contributed by atoms with Gasteiger partial charge < -0.3 is 4.74 Å². The number of hydrogen-bond donors (Lipinski definition) is 0. The third-order valence-electron chi connectivity index (χ3n) is 4.20. The molecule has 0 N–H and O–H groups in total. The molecule has 1 aromatic rings. The average Bonchev–Trinajstić information content (AvgIpc) is 2.55. The normalized spacial score (nSPS) is 11.0. The molecule has 0 aromatic carbocycles. The molecule has 0 fully saturated rings. The molecule has 3 heteroatoms. The minimum atomic E-state index is 0.596. The maximum absolute atomic E-state index is 5.93. The van der Waals surface area contributed by atoms with Crippen LogP contribution in [0.3, 0.4) is 0 Å². The van der Waals surface area contributed by atoms with Crippen LogP contribution in [0.15, 0.2) is 24.5 Å². The SMILES string of the molecule is CCCCCCCCCCCCCCOC[n+]1cccc(Cl)c1. The number of ether oxygens (including phenoxy) is 1. The molecule has 0 atom stereocenters. The van der Waals surface area contributed by atoms with Crippen molar-refractivity contribution in [3.05, 3.63) is 29.5 Å². The fourth-order valence-corrected chi connectivity index (χ4v) is 2.98. The van der Waals surface area contributed by atoms with Crippen molar-refractivity contribution in [3.8, 4) is 0 Å². The summed E-state index contributed by atoms with van der Waals surface area (Å²) >= 11 is 5.93. The molecule has 1 rings (SSSR count). The summed E-state index contributed by atoms with van der Waals surface area (Å²) < 4.78 is 7.65. The molecule has 1 aromatic heterocycles. The van der Waals surface area contributed by atoms with E-state index < -0.39 is 0 Å². The summed E-state index contributed by atoms with van der Waals surface area (Å²) in [7, 11) is 0. The maximum Gasteiger partial charge on any atom is 0.252 e. The second-order valence-corrected chi connectivity index (χ2v) is 6.90. The Bertz CT molecular complexity index is 384. The Morgan fingerprint density at radius 1 is 0.870 bits per heavy atom. The van der Waals surface area contributed by atoms with Gasteiger partial charge in [0, 0.05) is 6.07 Å². The van der Waals surface area contributed by atoms with Crippen LogP contribution in [0.5, 0.6) is 0 Å². The van der Waals surface area contributed by atoms with Crippen LogP contribution in [0.4, 0.5) is 0 Å². The molecule has 0 unspecified atom stereocenters. The fourth-order valence-electron chi connectivity index (χ4n) is 2.79. The first-order valence-corrected chi connectivity index (χ1v) is 9.93. The zero-order valence-corrected chi connectivity index (χ0v) is 15.7. The van der Waals surface area contributed by atoms with Gasteiger partial charge in [0.15, 0.2) is 12.4 Å². The first-order valence-electron chi connectivity index (χ1n) is 9.55. The summed E-state index contributed by atoms with van der Waals surface area (Å²) in [5.41, 5.74) is 0. The molecule has 0 amide bonds. The molecule has 23 heavy (non-hydrogen) atoms. The van der Waals surface area contributed by atoms with Gasteiger partial charge in [0.25, 0.3) is 6.73 Å². The van der Waals surface area contributed by atoms with Gasteiger partial charge in [-0.2, -0.15) is 4.57 Å². The zero-order valence-electron chi connectivity index (χ0n) is 14.9. The van der Waals surface area contributed by atoms with E-state index in [4.69, 9.17) is 16.3 Å². The number of hydrogen-bond acceptors (Lipinski definition) is 1. The van der Waals surface area contributed by atoms with Crippen molar-refractivity contribution < 1.29 is 9.30 Å². The predicted molar refractivity (Wildman–Crippen MR) is 98.7 cm³/mol. The first-order chi connectivity index (χ1) is 11.3. The number of pyridine rings is 1. The van der Waals surface area contributed by atoms with E-state index in [-0.39, 0.29) is 0 Å².